The van der Waals surface area contributed by atoms with Crippen molar-refractivity contribution in [2.24, 2.45) is 11.8 Å². The topological polar surface area (TPSA) is 80.7 Å². The highest BCUT2D eigenvalue weighted by Crippen LogP contribution is 2.39. The molecular formula is C21H40O5S. The van der Waals surface area contributed by atoms with Gasteiger partial charge in [0.05, 0.1) is 12.4 Å². The standard InChI is InChI=1S/C21H40O5S/c1-3-4-7-14-20(26-27(2,24)25)17-16-19-13-10-12-18(19)11-8-5-6-9-15-21(22)23/h18-20H,3-17H2,1-2H3,(H,22,23)/t18-,19+,20?/m0/s1. The Morgan fingerprint density at radius 1 is 1.00 bits per heavy atom. The molecular weight excluding hydrogens is 364 g/mol. The Morgan fingerprint density at radius 3 is 2.30 bits per heavy atom. The van der Waals surface area contributed by atoms with Gasteiger partial charge in [-0.25, -0.2) is 0 Å². The minimum Gasteiger partial charge on any atom is -0.481 e. The van der Waals surface area contributed by atoms with Crippen molar-refractivity contribution in [1.82, 2.24) is 0 Å². The number of carboxylic acid groups (broad SMARTS) is 1. The Morgan fingerprint density at radius 2 is 1.67 bits per heavy atom. The molecule has 1 aliphatic carbocycles. The highest BCUT2D eigenvalue weighted by Gasteiger charge is 2.28. The second-order valence-corrected chi connectivity index (χ2v) is 9.89. The molecule has 0 aromatic carbocycles. The first kappa shape index (κ1) is 24.4. The van der Waals surface area contributed by atoms with E-state index in [-0.39, 0.29) is 12.5 Å². The molecule has 1 N–H and O–H groups in total. The molecule has 160 valence electrons. The Balaban J connectivity index is 2.32. The van der Waals surface area contributed by atoms with Gasteiger partial charge in [0.2, 0.25) is 0 Å². The number of aliphatic carboxylic acids is 1. The number of hydrogen-bond donors (Lipinski definition) is 1. The van der Waals surface area contributed by atoms with Crippen LogP contribution in [-0.2, 0) is 19.1 Å². The summed E-state index contributed by atoms with van der Waals surface area (Å²) in [4.78, 5) is 10.5. The van der Waals surface area contributed by atoms with Gasteiger partial charge < -0.3 is 5.11 Å². The Bertz CT molecular complexity index is 503. The van der Waals surface area contributed by atoms with E-state index < -0.39 is 16.1 Å². The maximum Gasteiger partial charge on any atom is 0.303 e. The van der Waals surface area contributed by atoms with Crippen LogP contribution in [0.25, 0.3) is 0 Å². The van der Waals surface area contributed by atoms with Crippen molar-refractivity contribution in [3.63, 3.8) is 0 Å². The summed E-state index contributed by atoms with van der Waals surface area (Å²) >= 11 is 0. The maximum absolute atomic E-state index is 11.5. The van der Waals surface area contributed by atoms with Crippen LogP contribution in [-0.4, -0.2) is 31.9 Å². The largest absolute Gasteiger partial charge is 0.481 e. The van der Waals surface area contributed by atoms with Gasteiger partial charge >= 0.3 is 5.97 Å². The van der Waals surface area contributed by atoms with E-state index in [0.717, 1.165) is 70.0 Å². The van der Waals surface area contributed by atoms with Crippen molar-refractivity contribution < 1.29 is 22.5 Å². The fraction of sp³-hybridized carbons (Fsp3) is 0.952. The van der Waals surface area contributed by atoms with Crippen LogP contribution in [0.4, 0.5) is 0 Å². The van der Waals surface area contributed by atoms with Crippen LogP contribution in [0.3, 0.4) is 0 Å². The van der Waals surface area contributed by atoms with Gasteiger partial charge in [-0.2, -0.15) is 8.42 Å². The van der Waals surface area contributed by atoms with Crippen LogP contribution in [0.2, 0.25) is 0 Å². The molecule has 1 unspecified atom stereocenters. The first-order valence-electron chi connectivity index (χ1n) is 10.9. The molecule has 0 aromatic heterocycles. The third-order valence-electron chi connectivity index (χ3n) is 5.83. The van der Waals surface area contributed by atoms with Crippen molar-refractivity contribution in [2.45, 2.75) is 109 Å². The zero-order valence-corrected chi connectivity index (χ0v) is 18.1. The highest BCUT2D eigenvalue weighted by atomic mass is 32.2. The van der Waals surface area contributed by atoms with Crippen LogP contribution in [0, 0.1) is 11.8 Å². The smallest absolute Gasteiger partial charge is 0.303 e. The first-order valence-corrected chi connectivity index (χ1v) is 12.7. The molecule has 0 saturated heterocycles. The van der Waals surface area contributed by atoms with Crippen molar-refractivity contribution >= 4 is 16.1 Å². The second kappa shape index (κ2) is 13.5. The normalized spacial score (nSPS) is 21.4. The second-order valence-electron chi connectivity index (χ2n) is 8.29. The third-order valence-corrected chi connectivity index (χ3v) is 6.45. The van der Waals surface area contributed by atoms with Gasteiger partial charge in [-0.15, -0.1) is 0 Å². The quantitative estimate of drug-likeness (QED) is 0.270. The summed E-state index contributed by atoms with van der Waals surface area (Å²) in [6.45, 7) is 2.15. The molecule has 0 aliphatic heterocycles. The van der Waals surface area contributed by atoms with Gasteiger partial charge in [0.15, 0.2) is 0 Å². The molecule has 1 saturated carbocycles. The van der Waals surface area contributed by atoms with Crippen molar-refractivity contribution in [1.29, 1.82) is 0 Å². The average molecular weight is 405 g/mol. The Labute approximate surface area is 166 Å². The average Bonchev–Trinajstić information content (AvgIpc) is 3.01. The van der Waals surface area contributed by atoms with E-state index in [1.807, 2.05) is 0 Å². The van der Waals surface area contributed by atoms with Gasteiger partial charge in [0.1, 0.15) is 0 Å². The lowest BCUT2D eigenvalue weighted by Gasteiger charge is -2.23. The predicted octanol–water partition coefficient (Wildman–Crippen LogP) is 5.53. The monoisotopic (exact) mass is 404 g/mol. The van der Waals surface area contributed by atoms with E-state index in [1.165, 1.54) is 32.1 Å². The first-order chi connectivity index (χ1) is 12.8. The Kier molecular flexibility index (Phi) is 12.2. The molecule has 1 rings (SSSR count). The van der Waals surface area contributed by atoms with Crippen LogP contribution in [0.1, 0.15) is 103 Å². The van der Waals surface area contributed by atoms with E-state index in [0.29, 0.717) is 5.92 Å². The molecule has 0 amide bonds. The molecule has 3 atom stereocenters. The van der Waals surface area contributed by atoms with E-state index >= 15 is 0 Å². The van der Waals surface area contributed by atoms with Crippen LogP contribution < -0.4 is 0 Å². The van der Waals surface area contributed by atoms with Gasteiger partial charge in [-0.1, -0.05) is 71.1 Å². The molecule has 1 fully saturated rings. The summed E-state index contributed by atoms with van der Waals surface area (Å²) < 4.78 is 28.4. The molecule has 5 nitrogen and oxygen atoms in total. The van der Waals surface area contributed by atoms with Gasteiger partial charge in [-0.05, 0) is 37.5 Å². The van der Waals surface area contributed by atoms with Gasteiger partial charge in [0.25, 0.3) is 10.1 Å². The molecule has 27 heavy (non-hydrogen) atoms. The fourth-order valence-corrected chi connectivity index (χ4v) is 5.11. The molecule has 0 heterocycles. The van der Waals surface area contributed by atoms with Crippen molar-refractivity contribution in [3.05, 3.63) is 0 Å². The predicted molar refractivity (Wildman–Crippen MR) is 109 cm³/mol. The minimum atomic E-state index is -3.39. The van der Waals surface area contributed by atoms with E-state index in [9.17, 15) is 13.2 Å². The Hall–Kier alpha value is -0.620. The lowest BCUT2D eigenvalue weighted by atomic mass is 9.86. The summed E-state index contributed by atoms with van der Waals surface area (Å²) in [6.07, 6.45) is 16.4. The molecule has 0 bridgehead atoms. The highest BCUT2D eigenvalue weighted by molar-refractivity contribution is 7.86. The number of rotatable bonds is 16. The lowest BCUT2D eigenvalue weighted by molar-refractivity contribution is -0.137. The number of carbonyl (C=O) groups is 1. The van der Waals surface area contributed by atoms with E-state index in [2.05, 4.69) is 6.92 Å². The summed E-state index contributed by atoms with van der Waals surface area (Å²) in [5.41, 5.74) is 0. The number of unbranched alkanes of at least 4 members (excludes halogenated alkanes) is 5. The van der Waals surface area contributed by atoms with Crippen molar-refractivity contribution in [2.75, 3.05) is 6.26 Å². The van der Waals surface area contributed by atoms with Crippen molar-refractivity contribution in [3.8, 4) is 0 Å². The van der Waals surface area contributed by atoms with Gasteiger partial charge in [-0.3, -0.25) is 8.98 Å². The molecule has 0 spiro atoms. The van der Waals surface area contributed by atoms with E-state index in [4.69, 9.17) is 9.29 Å². The maximum atomic E-state index is 11.5. The number of carboxylic acids is 1. The third kappa shape index (κ3) is 12.5. The lowest BCUT2D eigenvalue weighted by Crippen LogP contribution is -2.20. The van der Waals surface area contributed by atoms with Crippen LogP contribution >= 0.6 is 0 Å². The molecule has 1 aliphatic rings. The summed E-state index contributed by atoms with van der Waals surface area (Å²) in [5.74, 6) is 0.746. The summed E-state index contributed by atoms with van der Waals surface area (Å²) in [5, 5.41) is 8.67. The molecule has 0 radical (unpaired) electrons. The minimum absolute atomic E-state index is 0.163. The van der Waals surface area contributed by atoms with Crippen LogP contribution in [0.5, 0.6) is 0 Å². The SMILES string of the molecule is CCCCCC(CC[C@H]1CCC[C@@H]1CCCCCCC(=O)O)OS(C)(=O)=O. The summed E-state index contributed by atoms with van der Waals surface area (Å²) in [7, 11) is -3.39. The number of hydrogen-bond acceptors (Lipinski definition) is 4. The zero-order valence-electron chi connectivity index (χ0n) is 17.3. The van der Waals surface area contributed by atoms with Gasteiger partial charge in [0, 0.05) is 6.42 Å². The zero-order chi connectivity index (χ0) is 20.1. The molecule has 6 heteroatoms. The van der Waals surface area contributed by atoms with E-state index in [1.54, 1.807) is 0 Å². The fourth-order valence-electron chi connectivity index (χ4n) is 4.42. The summed E-state index contributed by atoms with van der Waals surface area (Å²) in [6, 6.07) is 0. The van der Waals surface area contributed by atoms with Crippen LogP contribution in [0.15, 0.2) is 0 Å². The molecule has 0 aromatic rings.